The molecule has 9 heteroatoms. The predicted octanol–water partition coefficient (Wildman–Crippen LogP) is 3.34. The molecule has 0 saturated heterocycles. The van der Waals surface area contributed by atoms with Crippen LogP contribution >= 0.6 is 0 Å². The van der Waals surface area contributed by atoms with Crippen molar-refractivity contribution in [3.05, 3.63) is 59.5 Å². The van der Waals surface area contributed by atoms with E-state index in [0.29, 0.717) is 5.56 Å². The molecule has 0 saturated carbocycles. The third-order valence-corrected chi connectivity index (χ3v) is 3.29. The van der Waals surface area contributed by atoms with E-state index in [1.54, 1.807) is 30.6 Å². The van der Waals surface area contributed by atoms with Gasteiger partial charge in [-0.1, -0.05) is 6.07 Å². The molecule has 0 fully saturated rings. The summed E-state index contributed by atoms with van der Waals surface area (Å²) in [5, 5.41) is 18.6. The Labute approximate surface area is 139 Å². The lowest BCUT2D eigenvalue weighted by molar-refractivity contribution is -0.137. The molecule has 0 amide bonds. The van der Waals surface area contributed by atoms with Crippen LogP contribution in [-0.4, -0.2) is 20.4 Å². The fourth-order valence-corrected chi connectivity index (χ4v) is 2.14. The summed E-state index contributed by atoms with van der Waals surface area (Å²) < 4.78 is 44.9. The van der Waals surface area contributed by atoms with E-state index in [4.69, 9.17) is 10.00 Å². The lowest BCUT2D eigenvalue weighted by Crippen LogP contribution is -2.06. The van der Waals surface area contributed by atoms with Crippen molar-refractivity contribution in [1.82, 2.24) is 20.4 Å². The van der Waals surface area contributed by atoms with Crippen molar-refractivity contribution in [3.63, 3.8) is 0 Å². The van der Waals surface area contributed by atoms with Crippen molar-refractivity contribution in [2.75, 3.05) is 0 Å². The second kappa shape index (κ2) is 6.60. The van der Waals surface area contributed by atoms with Crippen LogP contribution in [0.25, 0.3) is 11.3 Å². The fraction of sp³-hybridized carbons (Fsp3) is 0.125. The molecule has 2 aromatic heterocycles. The summed E-state index contributed by atoms with van der Waals surface area (Å²) in [7, 11) is 0. The Morgan fingerprint density at radius 3 is 2.72 bits per heavy atom. The molecule has 0 spiro atoms. The maximum atomic E-state index is 13.2. The molecular formula is C16H10F3N5O. The Morgan fingerprint density at radius 1 is 1.20 bits per heavy atom. The van der Waals surface area contributed by atoms with E-state index in [1.165, 1.54) is 6.07 Å². The van der Waals surface area contributed by atoms with Gasteiger partial charge in [-0.15, -0.1) is 5.10 Å². The van der Waals surface area contributed by atoms with Crippen molar-refractivity contribution in [2.45, 2.75) is 12.8 Å². The second-order valence-corrected chi connectivity index (χ2v) is 5.03. The van der Waals surface area contributed by atoms with Crippen molar-refractivity contribution in [1.29, 1.82) is 5.26 Å². The number of ether oxygens (including phenoxy) is 1. The van der Waals surface area contributed by atoms with Gasteiger partial charge in [0.2, 0.25) is 0 Å². The number of alkyl halides is 3. The monoisotopic (exact) mass is 345 g/mol. The van der Waals surface area contributed by atoms with E-state index in [-0.39, 0.29) is 29.3 Å². The highest BCUT2D eigenvalue weighted by atomic mass is 19.4. The Morgan fingerprint density at radius 2 is 2.04 bits per heavy atom. The number of nitrogens with one attached hydrogen (secondary N) is 1. The quantitative estimate of drug-likeness (QED) is 0.783. The molecule has 0 radical (unpaired) electrons. The van der Waals surface area contributed by atoms with E-state index in [9.17, 15) is 13.2 Å². The SMILES string of the molecule is N#Cc1n[nH]nc1-c1cc(OCc2cccnc2)cc(C(F)(F)F)c1. The number of aromatic amines is 1. The first-order valence-corrected chi connectivity index (χ1v) is 7.02. The molecule has 6 nitrogen and oxygen atoms in total. The zero-order valence-corrected chi connectivity index (χ0v) is 12.6. The highest BCUT2D eigenvalue weighted by molar-refractivity contribution is 5.67. The third kappa shape index (κ3) is 3.74. The maximum Gasteiger partial charge on any atom is 0.416 e. The molecule has 0 unspecified atom stereocenters. The minimum atomic E-state index is -4.57. The van der Waals surface area contributed by atoms with Crippen LogP contribution in [0.3, 0.4) is 0 Å². The van der Waals surface area contributed by atoms with Crippen LogP contribution in [0.4, 0.5) is 13.2 Å². The summed E-state index contributed by atoms with van der Waals surface area (Å²) in [4.78, 5) is 3.92. The number of hydrogen-bond donors (Lipinski definition) is 1. The second-order valence-electron chi connectivity index (χ2n) is 5.03. The number of hydrogen-bond acceptors (Lipinski definition) is 5. The molecule has 2 heterocycles. The smallest absolute Gasteiger partial charge is 0.416 e. The van der Waals surface area contributed by atoms with Crippen LogP contribution in [0.1, 0.15) is 16.8 Å². The summed E-state index contributed by atoms with van der Waals surface area (Å²) in [6.07, 6.45) is -1.43. The van der Waals surface area contributed by atoms with Crippen LogP contribution in [0.5, 0.6) is 5.75 Å². The molecule has 3 rings (SSSR count). The van der Waals surface area contributed by atoms with Crippen LogP contribution in [0.2, 0.25) is 0 Å². The van der Waals surface area contributed by atoms with E-state index in [1.807, 2.05) is 0 Å². The summed E-state index contributed by atoms with van der Waals surface area (Å²) >= 11 is 0. The third-order valence-electron chi connectivity index (χ3n) is 3.29. The van der Waals surface area contributed by atoms with Gasteiger partial charge in [0.25, 0.3) is 0 Å². The van der Waals surface area contributed by atoms with Gasteiger partial charge in [0.15, 0.2) is 5.69 Å². The zero-order chi connectivity index (χ0) is 17.9. The Balaban J connectivity index is 1.97. The average Bonchev–Trinajstić information content (AvgIpc) is 3.08. The van der Waals surface area contributed by atoms with Crippen LogP contribution in [0, 0.1) is 11.3 Å². The molecule has 25 heavy (non-hydrogen) atoms. The van der Waals surface area contributed by atoms with E-state index >= 15 is 0 Å². The van der Waals surface area contributed by atoms with Crippen LogP contribution in [0.15, 0.2) is 42.7 Å². The lowest BCUT2D eigenvalue weighted by Gasteiger charge is -2.12. The molecule has 0 bridgehead atoms. The van der Waals surface area contributed by atoms with E-state index < -0.39 is 11.7 Å². The number of benzene rings is 1. The highest BCUT2D eigenvalue weighted by Crippen LogP contribution is 2.35. The Bertz CT molecular complexity index is 916. The maximum absolute atomic E-state index is 13.2. The summed E-state index contributed by atoms with van der Waals surface area (Å²) in [6, 6.07) is 8.39. The number of rotatable bonds is 4. The van der Waals surface area contributed by atoms with Crippen molar-refractivity contribution < 1.29 is 17.9 Å². The number of H-pyrrole nitrogens is 1. The van der Waals surface area contributed by atoms with E-state index in [2.05, 4.69) is 20.4 Å². The molecular weight excluding hydrogens is 335 g/mol. The molecule has 126 valence electrons. The number of nitrogens with zero attached hydrogens (tertiary/aromatic N) is 4. The van der Waals surface area contributed by atoms with Gasteiger partial charge in [0.1, 0.15) is 24.1 Å². The van der Waals surface area contributed by atoms with Gasteiger partial charge in [-0.25, -0.2) is 0 Å². The topological polar surface area (TPSA) is 87.5 Å². The normalized spacial score (nSPS) is 11.1. The number of halogens is 3. The number of nitriles is 1. The van der Waals surface area contributed by atoms with Gasteiger partial charge in [-0.3, -0.25) is 4.98 Å². The minimum Gasteiger partial charge on any atom is -0.489 e. The summed E-state index contributed by atoms with van der Waals surface area (Å²) in [5.74, 6) is 0.000526. The molecule has 1 aromatic carbocycles. The zero-order valence-electron chi connectivity index (χ0n) is 12.6. The number of aromatic nitrogens is 4. The Hall–Kier alpha value is -3.41. The van der Waals surface area contributed by atoms with Crippen molar-refractivity contribution in [3.8, 4) is 23.1 Å². The molecule has 0 aliphatic rings. The van der Waals surface area contributed by atoms with Crippen molar-refractivity contribution >= 4 is 0 Å². The first kappa shape index (κ1) is 16.4. The van der Waals surface area contributed by atoms with Gasteiger partial charge >= 0.3 is 6.18 Å². The predicted molar refractivity (Wildman–Crippen MR) is 80.1 cm³/mol. The lowest BCUT2D eigenvalue weighted by atomic mass is 10.1. The first-order valence-electron chi connectivity index (χ1n) is 7.02. The largest absolute Gasteiger partial charge is 0.489 e. The molecule has 0 aliphatic heterocycles. The minimum absolute atomic E-state index is 0.000526. The van der Waals surface area contributed by atoms with Crippen LogP contribution < -0.4 is 4.74 Å². The Kier molecular flexibility index (Phi) is 4.35. The van der Waals surface area contributed by atoms with Crippen molar-refractivity contribution in [2.24, 2.45) is 0 Å². The fourth-order valence-electron chi connectivity index (χ4n) is 2.14. The molecule has 0 atom stereocenters. The van der Waals surface area contributed by atoms with Gasteiger partial charge in [0.05, 0.1) is 5.56 Å². The highest BCUT2D eigenvalue weighted by Gasteiger charge is 2.32. The standard InChI is InChI=1S/C16H10F3N5O/c17-16(18,19)12-4-11(15-14(7-20)22-24-23-15)5-13(6-12)25-9-10-2-1-3-21-8-10/h1-6,8H,9H2,(H,22,23,24). The molecule has 3 aromatic rings. The number of pyridine rings is 1. The van der Waals surface area contributed by atoms with Gasteiger partial charge in [0, 0.05) is 23.5 Å². The molecule has 1 N–H and O–H groups in total. The summed E-state index contributed by atoms with van der Waals surface area (Å²) in [6.45, 7) is 0.0541. The van der Waals surface area contributed by atoms with E-state index in [0.717, 1.165) is 12.1 Å². The van der Waals surface area contributed by atoms with Gasteiger partial charge in [-0.05, 0) is 24.3 Å². The van der Waals surface area contributed by atoms with Gasteiger partial charge < -0.3 is 4.74 Å². The van der Waals surface area contributed by atoms with Crippen LogP contribution in [-0.2, 0) is 12.8 Å². The summed E-state index contributed by atoms with van der Waals surface area (Å²) in [5.41, 5.74) is -0.183. The van der Waals surface area contributed by atoms with Gasteiger partial charge in [-0.2, -0.15) is 28.7 Å². The first-order chi connectivity index (χ1) is 12.0. The average molecular weight is 345 g/mol. The molecule has 0 aliphatic carbocycles.